The summed E-state index contributed by atoms with van der Waals surface area (Å²) in [7, 11) is 0. The van der Waals surface area contributed by atoms with Gasteiger partial charge in [0.05, 0.1) is 6.42 Å². The Morgan fingerprint density at radius 3 is 2.12 bits per heavy atom. The number of carbonyl (C=O) groups excluding carboxylic acids is 1. The van der Waals surface area contributed by atoms with Gasteiger partial charge in [0, 0.05) is 6.04 Å². The fraction of sp³-hybridized carbons (Fsp3) is 0.263. The summed E-state index contributed by atoms with van der Waals surface area (Å²) in [6, 6.07) is 19.2. The second-order valence-corrected chi connectivity index (χ2v) is 5.67. The summed E-state index contributed by atoms with van der Waals surface area (Å²) in [6.45, 7) is 1.98. The molecular weight excluding hydrogens is 306 g/mol. The lowest BCUT2D eigenvalue weighted by molar-refractivity contribution is -0.144. The van der Waals surface area contributed by atoms with Crippen molar-refractivity contribution < 1.29 is 19.4 Å². The number of carbonyl (C=O) groups is 2. The minimum absolute atomic E-state index is 0.0467. The van der Waals surface area contributed by atoms with Gasteiger partial charge in [-0.3, -0.25) is 9.59 Å². The van der Waals surface area contributed by atoms with E-state index in [1.165, 1.54) is 5.56 Å². The Kier molecular flexibility index (Phi) is 6.09. The average molecular weight is 327 g/mol. The number of aliphatic carboxylic acids is 1. The van der Waals surface area contributed by atoms with E-state index in [1.807, 2.05) is 43.3 Å². The quantitative estimate of drug-likeness (QED) is 0.846. The maximum atomic E-state index is 11.1. The molecule has 3 rings (SSSR count). The van der Waals surface area contributed by atoms with Crippen molar-refractivity contribution in [3.63, 3.8) is 0 Å². The number of cyclic esters (lactones) is 1. The van der Waals surface area contributed by atoms with E-state index in [1.54, 1.807) is 24.3 Å². The number of nitrogens with two attached hydrogens (primary N) is 1. The summed E-state index contributed by atoms with van der Waals surface area (Å²) < 4.78 is 5.00. The van der Waals surface area contributed by atoms with Gasteiger partial charge >= 0.3 is 11.9 Å². The standard InChI is InChI=1S/C11H10O4.C8H11N/c12-9-6-8(11(13)14)10(15-9)7-4-2-1-3-5-7;1-7(9)8-5-3-2-4-6-8/h1-5,8,10H,6H2,(H,13,14);2-7H,9H2,1H3. The Balaban J connectivity index is 0.000000198. The van der Waals surface area contributed by atoms with E-state index in [2.05, 4.69) is 0 Å². The molecule has 0 radical (unpaired) electrons. The molecule has 5 heteroatoms. The molecule has 5 nitrogen and oxygen atoms in total. The first-order valence-corrected chi connectivity index (χ1v) is 7.76. The van der Waals surface area contributed by atoms with E-state index in [4.69, 9.17) is 15.6 Å². The topological polar surface area (TPSA) is 89.6 Å². The predicted octanol–water partition coefficient (Wildman–Crippen LogP) is 3.08. The average Bonchev–Trinajstić information content (AvgIpc) is 2.99. The normalized spacial score (nSPS) is 20.5. The molecule has 1 fully saturated rings. The molecule has 0 saturated carbocycles. The first-order chi connectivity index (χ1) is 11.5. The van der Waals surface area contributed by atoms with Crippen LogP contribution in [0.4, 0.5) is 0 Å². The van der Waals surface area contributed by atoms with Crippen molar-refractivity contribution in [3.05, 3.63) is 71.8 Å². The fourth-order valence-electron chi connectivity index (χ4n) is 2.47. The van der Waals surface area contributed by atoms with Gasteiger partial charge in [0.2, 0.25) is 0 Å². The zero-order chi connectivity index (χ0) is 17.5. The van der Waals surface area contributed by atoms with E-state index in [0.717, 1.165) is 5.56 Å². The van der Waals surface area contributed by atoms with E-state index < -0.39 is 24.0 Å². The first-order valence-electron chi connectivity index (χ1n) is 7.76. The number of hydrogen-bond acceptors (Lipinski definition) is 4. The molecular formula is C19H21NO4. The number of benzene rings is 2. The van der Waals surface area contributed by atoms with Gasteiger partial charge in [-0.05, 0) is 18.1 Å². The van der Waals surface area contributed by atoms with Gasteiger partial charge in [-0.1, -0.05) is 60.7 Å². The zero-order valence-electron chi connectivity index (χ0n) is 13.5. The number of rotatable bonds is 3. The van der Waals surface area contributed by atoms with Gasteiger partial charge in [-0.25, -0.2) is 0 Å². The lowest BCUT2D eigenvalue weighted by Gasteiger charge is -2.13. The molecule has 3 atom stereocenters. The predicted molar refractivity (Wildman–Crippen MR) is 90.1 cm³/mol. The molecule has 1 aliphatic rings. The smallest absolute Gasteiger partial charge is 0.311 e. The van der Waals surface area contributed by atoms with Crippen LogP contribution in [0.15, 0.2) is 60.7 Å². The van der Waals surface area contributed by atoms with Crippen LogP contribution in [0.2, 0.25) is 0 Å². The SMILES string of the molecule is CC(N)c1ccccc1.O=C1CC(C(=O)O)C(c2ccccc2)O1. The molecule has 24 heavy (non-hydrogen) atoms. The molecule has 1 saturated heterocycles. The third-order valence-electron chi connectivity index (χ3n) is 3.78. The van der Waals surface area contributed by atoms with Crippen LogP contribution < -0.4 is 5.73 Å². The molecule has 1 heterocycles. The van der Waals surface area contributed by atoms with Crippen LogP contribution in [0.25, 0.3) is 0 Å². The summed E-state index contributed by atoms with van der Waals surface area (Å²) in [4.78, 5) is 22.0. The number of esters is 1. The van der Waals surface area contributed by atoms with Crippen LogP contribution in [0.1, 0.15) is 36.6 Å². The van der Waals surface area contributed by atoms with Gasteiger partial charge in [0.25, 0.3) is 0 Å². The third-order valence-corrected chi connectivity index (χ3v) is 3.78. The maximum Gasteiger partial charge on any atom is 0.311 e. The molecule has 3 N–H and O–H groups in total. The third kappa shape index (κ3) is 4.67. The van der Waals surface area contributed by atoms with Gasteiger partial charge in [0.1, 0.15) is 12.0 Å². The lowest BCUT2D eigenvalue weighted by atomic mass is 9.95. The Morgan fingerprint density at radius 1 is 1.12 bits per heavy atom. The van der Waals surface area contributed by atoms with Crippen LogP contribution in [0, 0.1) is 5.92 Å². The lowest BCUT2D eigenvalue weighted by Crippen LogP contribution is -2.17. The van der Waals surface area contributed by atoms with Crippen molar-refractivity contribution in [2.45, 2.75) is 25.5 Å². The minimum atomic E-state index is -0.991. The number of hydrogen-bond donors (Lipinski definition) is 2. The Morgan fingerprint density at radius 2 is 1.67 bits per heavy atom. The zero-order valence-corrected chi connectivity index (χ0v) is 13.5. The molecule has 0 bridgehead atoms. The van der Waals surface area contributed by atoms with Gasteiger partial charge in [0.15, 0.2) is 0 Å². The van der Waals surface area contributed by atoms with Gasteiger partial charge in [-0.15, -0.1) is 0 Å². The highest BCUT2D eigenvalue weighted by atomic mass is 16.6. The van der Waals surface area contributed by atoms with E-state index in [0.29, 0.717) is 0 Å². The molecule has 3 unspecified atom stereocenters. The molecule has 0 spiro atoms. The van der Waals surface area contributed by atoms with Crippen molar-refractivity contribution in [1.82, 2.24) is 0 Å². The van der Waals surface area contributed by atoms with E-state index in [-0.39, 0.29) is 12.5 Å². The fourth-order valence-corrected chi connectivity index (χ4v) is 2.47. The molecule has 2 aromatic carbocycles. The molecule has 0 amide bonds. The monoisotopic (exact) mass is 327 g/mol. The van der Waals surface area contributed by atoms with E-state index in [9.17, 15) is 9.59 Å². The van der Waals surface area contributed by atoms with Gasteiger partial charge in [-0.2, -0.15) is 0 Å². The van der Waals surface area contributed by atoms with Gasteiger partial charge < -0.3 is 15.6 Å². The highest BCUT2D eigenvalue weighted by Crippen LogP contribution is 2.35. The summed E-state index contributed by atoms with van der Waals surface area (Å²) in [5, 5.41) is 8.93. The Bertz CT molecular complexity index is 670. The molecule has 0 aromatic heterocycles. The molecule has 0 aliphatic carbocycles. The van der Waals surface area contributed by atoms with Crippen molar-refractivity contribution in [2.75, 3.05) is 0 Å². The highest BCUT2D eigenvalue weighted by molar-refractivity contribution is 5.82. The minimum Gasteiger partial charge on any atom is -0.481 e. The van der Waals surface area contributed by atoms with Crippen molar-refractivity contribution in [2.24, 2.45) is 11.7 Å². The summed E-state index contributed by atoms with van der Waals surface area (Å²) in [6.07, 6.45) is -0.689. The first kappa shape index (κ1) is 17.7. The summed E-state index contributed by atoms with van der Waals surface area (Å²) >= 11 is 0. The highest BCUT2D eigenvalue weighted by Gasteiger charge is 2.40. The van der Waals surface area contributed by atoms with Crippen LogP contribution in [0.5, 0.6) is 0 Å². The molecule has 1 aliphatic heterocycles. The number of ether oxygens (including phenoxy) is 1. The Hall–Kier alpha value is -2.66. The van der Waals surface area contributed by atoms with Crippen molar-refractivity contribution in [3.8, 4) is 0 Å². The number of carboxylic acids is 1. The number of carboxylic acid groups (broad SMARTS) is 1. The molecule has 126 valence electrons. The van der Waals surface area contributed by atoms with Crippen molar-refractivity contribution >= 4 is 11.9 Å². The molecule has 2 aromatic rings. The maximum absolute atomic E-state index is 11.1. The summed E-state index contributed by atoms with van der Waals surface area (Å²) in [5.41, 5.74) is 7.54. The Labute approximate surface area is 141 Å². The van der Waals surface area contributed by atoms with Crippen LogP contribution in [-0.2, 0) is 14.3 Å². The second-order valence-electron chi connectivity index (χ2n) is 5.67. The van der Waals surface area contributed by atoms with Crippen LogP contribution >= 0.6 is 0 Å². The van der Waals surface area contributed by atoms with Crippen LogP contribution in [0.3, 0.4) is 0 Å². The van der Waals surface area contributed by atoms with Crippen molar-refractivity contribution in [1.29, 1.82) is 0 Å². The largest absolute Gasteiger partial charge is 0.481 e. The summed E-state index contributed by atoms with van der Waals surface area (Å²) in [5.74, 6) is -2.20. The van der Waals surface area contributed by atoms with E-state index >= 15 is 0 Å². The van der Waals surface area contributed by atoms with Crippen LogP contribution in [-0.4, -0.2) is 17.0 Å². The second kappa shape index (κ2) is 8.26.